The number of aryl methyl sites for hydroxylation is 2. The summed E-state index contributed by atoms with van der Waals surface area (Å²) in [6.07, 6.45) is 1.52. The fourth-order valence-electron chi connectivity index (χ4n) is 3.82. The highest BCUT2D eigenvalue weighted by Gasteiger charge is 2.13. The van der Waals surface area contributed by atoms with Gasteiger partial charge in [-0.1, -0.05) is 48.5 Å². The van der Waals surface area contributed by atoms with E-state index in [0.29, 0.717) is 41.7 Å². The summed E-state index contributed by atoms with van der Waals surface area (Å²) in [5, 5.41) is 12.5. The van der Waals surface area contributed by atoms with Gasteiger partial charge in [0.15, 0.2) is 0 Å². The van der Waals surface area contributed by atoms with Gasteiger partial charge in [0.2, 0.25) is 0 Å². The van der Waals surface area contributed by atoms with Crippen molar-refractivity contribution in [3.05, 3.63) is 124 Å². The van der Waals surface area contributed by atoms with Crippen molar-refractivity contribution >= 4 is 17.7 Å². The average molecular weight is 519 g/mol. The van der Waals surface area contributed by atoms with Crippen molar-refractivity contribution in [2.75, 3.05) is 12.4 Å². The second-order valence-corrected chi connectivity index (χ2v) is 9.03. The van der Waals surface area contributed by atoms with E-state index in [1.165, 1.54) is 17.2 Å². The van der Waals surface area contributed by atoms with E-state index in [9.17, 15) is 10.1 Å². The van der Waals surface area contributed by atoms with E-state index in [0.717, 1.165) is 11.1 Å². The molecule has 1 N–H and O–H groups in total. The first-order chi connectivity index (χ1) is 18.9. The summed E-state index contributed by atoms with van der Waals surface area (Å²) in [7, 11) is 1.57. The summed E-state index contributed by atoms with van der Waals surface area (Å²) in [5.74, 6) is 1.27. The zero-order valence-corrected chi connectivity index (χ0v) is 22.2. The molecule has 0 spiro atoms. The molecule has 6 nitrogen and oxygen atoms in total. The van der Waals surface area contributed by atoms with E-state index in [-0.39, 0.29) is 5.57 Å². The molecule has 0 unspecified atom stereocenters. The van der Waals surface area contributed by atoms with Gasteiger partial charge in [0.1, 0.15) is 42.1 Å². The summed E-state index contributed by atoms with van der Waals surface area (Å²) in [6, 6.07) is 30.3. The first-order valence-corrected chi connectivity index (χ1v) is 12.5. The second kappa shape index (κ2) is 13.0. The molecule has 0 heterocycles. The molecule has 0 aliphatic heterocycles. The van der Waals surface area contributed by atoms with Crippen LogP contribution in [0.2, 0.25) is 0 Å². The van der Waals surface area contributed by atoms with E-state index in [1.807, 2.05) is 42.5 Å². The largest absolute Gasteiger partial charge is 0.497 e. The molecule has 0 saturated carbocycles. The van der Waals surface area contributed by atoms with Crippen LogP contribution >= 0.6 is 0 Å². The van der Waals surface area contributed by atoms with Gasteiger partial charge in [-0.15, -0.1) is 0 Å². The molecule has 6 heteroatoms. The van der Waals surface area contributed by atoms with Crippen LogP contribution in [0.15, 0.2) is 96.6 Å². The number of benzene rings is 4. The number of hydrogen-bond acceptors (Lipinski definition) is 5. The Kier molecular flexibility index (Phi) is 8.99. The van der Waals surface area contributed by atoms with Gasteiger partial charge in [0, 0.05) is 17.3 Å². The van der Waals surface area contributed by atoms with E-state index >= 15 is 0 Å². The number of anilines is 1. The number of hydrogen-bond donors (Lipinski definition) is 1. The topological polar surface area (TPSA) is 80.6 Å². The van der Waals surface area contributed by atoms with Crippen molar-refractivity contribution in [3.63, 3.8) is 0 Å². The van der Waals surface area contributed by atoms with E-state index in [2.05, 4.69) is 31.3 Å². The lowest BCUT2D eigenvalue weighted by molar-refractivity contribution is -0.112. The number of nitriles is 1. The van der Waals surface area contributed by atoms with Crippen LogP contribution in [0.5, 0.6) is 17.2 Å². The number of methoxy groups -OCH3 is 1. The van der Waals surface area contributed by atoms with Crippen LogP contribution in [0.4, 0.5) is 5.69 Å². The predicted molar refractivity (Wildman–Crippen MR) is 153 cm³/mol. The van der Waals surface area contributed by atoms with Crippen molar-refractivity contribution in [3.8, 4) is 23.3 Å². The van der Waals surface area contributed by atoms with Gasteiger partial charge in [-0.05, 0) is 78.6 Å². The van der Waals surface area contributed by atoms with Gasteiger partial charge in [-0.25, -0.2) is 0 Å². The Morgan fingerprint density at radius 1 is 0.821 bits per heavy atom. The highest BCUT2D eigenvalue weighted by Crippen LogP contribution is 2.28. The minimum atomic E-state index is -0.522. The molecular weight excluding hydrogens is 488 g/mol. The lowest BCUT2D eigenvalue weighted by Gasteiger charge is -2.13. The van der Waals surface area contributed by atoms with Gasteiger partial charge < -0.3 is 19.5 Å². The SMILES string of the molecule is COc1ccc(/C=C(\C#N)C(=O)Nc2ccc(OCc3ccccc3)cc2)c(OCc2ccc(C)c(C)c2)c1. The molecule has 39 heavy (non-hydrogen) atoms. The normalized spacial score (nSPS) is 10.9. The molecule has 4 rings (SSSR count). The molecule has 0 fully saturated rings. The van der Waals surface area contributed by atoms with Crippen LogP contribution in [0, 0.1) is 25.2 Å². The Bertz CT molecular complexity index is 1500. The summed E-state index contributed by atoms with van der Waals surface area (Å²) in [5.41, 5.74) is 5.56. The highest BCUT2D eigenvalue weighted by atomic mass is 16.5. The molecule has 0 radical (unpaired) electrons. The van der Waals surface area contributed by atoms with Crippen LogP contribution in [0.25, 0.3) is 6.08 Å². The molecule has 1 amide bonds. The monoisotopic (exact) mass is 518 g/mol. The van der Waals surface area contributed by atoms with Crippen molar-refractivity contribution in [2.24, 2.45) is 0 Å². The third-order valence-corrected chi connectivity index (χ3v) is 6.21. The molecule has 0 aromatic heterocycles. The number of carbonyl (C=O) groups excluding carboxylic acids is 1. The first kappa shape index (κ1) is 27.0. The maximum absolute atomic E-state index is 12.9. The molecule has 0 aliphatic carbocycles. The molecule has 0 atom stereocenters. The standard InChI is InChI=1S/C33H30N2O4/c1-23-9-10-26(17-24(23)2)22-39-32-19-31(37-3)14-11-27(32)18-28(20-34)33(36)35-29-12-15-30(16-13-29)38-21-25-7-5-4-6-8-25/h4-19H,21-22H2,1-3H3,(H,35,36)/b28-18+. The van der Waals surface area contributed by atoms with Crippen LogP contribution in [0.1, 0.15) is 27.8 Å². The quantitative estimate of drug-likeness (QED) is 0.180. The van der Waals surface area contributed by atoms with Crippen molar-refractivity contribution < 1.29 is 19.0 Å². The maximum atomic E-state index is 12.9. The van der Waals surface area contributed by atoms with E-state index in [1.54, 1.807) is 49.6 Å². The molecule has 0 aliphatic rings. The van der Waals surface area contributed by atoms with Crippen LogP contribution in [0.3, 0.4) is 0 Å². The van der Waals surface area contributed by atoms with Gasteiger partial charge in [0.05, 0.1) is 7.11 Å². The van der Waals surface area contributed by atoms with Crippen molar-refractivity contribution in [2.45, 2.75) is 27.1 Å². The van der Waals surface area contributed by atoms with Gasteiger partial charge >= 0.3 is 0 Å². The zero-order chi connectivity index (χ0) is 27.6. The zero-order valence-electron chi connectivity index (χ0n) is 22.2. The van der Waals surface area contributed by atoms with Gasteiger partial charge in [0.25, 0.3) is 5.91 Å². The summed E-state index contributed by atoms with van der Waals surface area (Å²) in [4.78, 5) is 12.9. The molecular formula is C33H30N2O4. The minimum absolute atomic E-state index is 0.0550. The first-order valence-electron chi connectivity index (χ1n) is 12.5. The Morgan fingerprint density at radius 3 is 2.23 bits per heavy atom. The number of rotatable bonds is 10. The van der Waals surface area contributed by atoms with Crippen LogP contribution < -0.4 is 19.5 Å². The maximum Gasteiger partial charge on any atom is 0.266 e. The average Bonchev–Trinajstić information content (AvgIpc) is 2.97. The molecule has 0 saturated heterocycles. The highest BCUT2D eigenvalue weighted by molar-refractivity contribution is 6.09. The Balaban J connectivity index is 1.45. The molecule has 4 aromatic rings. The minimum Gasteiger partial charge on any atom is -0.497 e. The summed E-state index contributed by atoms with van der Waals surface area (Å²) >= 11 is 0. The second-order valence-electron chi connectivity index (χ2n) is 9.03. The lowest BCUT2D eigenvalue weighted by atomic mass is 10.1. The molecule has 196 valence electrons. The van der Waals surface area contributed by atoms with Crippen molar-refractivity contribution in [1.29, 1.82) is 5.26 Å². The Hall–Kier alpha value is -5.02. The third-order valence-electron chi connectivity index (χ3n) is 6.21. The molecule has 4 aromatic carbocycles. The lowest BCUT2D eigenvalue weighted by Crippen LogP contribution is -2.13. The van der Waals surface area contributed by atoms with E-state index < -0.39 is 5.91 Å². The fourth-order valence-corrected chi connectivity index (χ4v) is 3.82. The van der Waals surface area contributed by atoms with Crippen molar-refractivity contribution in [1.82, 2.24) is 0 Å². The number of ether oxygens (including phenoxy) is 3. The fraction of sp³-hybridized carbons (Fsp3) is 0.152. The third kappa shape index (κ3) is 7.50. The number of carbonyl (C=O) groups is 1. The smallest absolute Gasteiger partial charge is 0.266 e. The van der Waals surface area contributed by atoms with E-state index in [4.69, 9.17) is 14.2 Å². The van der Waals surface area contributed by atoms with Crippen LogP contribution in [-0.2, 0) is 18.0 Å². The molecule has 0 bridgehead atoms. The Morgan fingerprint density at radius 2 is 1.54 bits per heavy atom. The summed E-state index contributed by atoms with van der Waals surface area (Å²) in [6.45, 7) is 4.90. The number of nitrogens with one attached hydrogen (secondary N) is 1. The summed E-state index contributed by atoms with van der Waals surface area (Å²) < 4.78 is 17.2. The van der Waals surface area contributed by atoms with Gasteiger partial charge in [-0.3, -0.25) is 4.79 Å². The number of nitrogens with zero attached hydrogens (tertiary/aromatic N) is 1. The predicted octanol–water partition coefficient (Wildman–Crippen LogP) is 7.02. The number of amides is 1. The van der Waals surface area contributed by atoms with Gasteiger partial charge in [-0.2, -0.15) is 5.26 Å². The Labute approximate surface area is 229 Å². The van der Waals surface area contributed by atoms with Crippen LogP contribution in [-0.4, -0.2) is 13.0 Å².